The molecule has 0 fully saturated rings. The van der Waals surface area contributed by atoms with E-state index < -0.39 is 0 Å². The van der Waals surface area contributed by atoms with E-state index in [-0.39, 0.29) is 6.04 Å². The van der Waals surface area contributed by atoms with Gasteiger partial charge in [-0.3, -0.25) is 0 Å². The molecule has 0 aliphatic carbocycles. The Morgan fingerprint density at radius 1 is 1.54 bits per heavy atom. The lowest BCUT2D eigenvalue weighted by Crippen LogP contribution is -2.06. The van der Waals surface area contributed by atoms with Gasteiger partial charge in [0.2, 0.25) is 0 Å². The zero-order valence-electron chi connectivity index (χ0n) is 7.47. The van der Waals surface area contributed by atoms with Gasteiger partial charge >= 0.3 is 0 Å². The molecule has 1 aromatic carbocycles. The molecule has 2 nitrogen and oxygen atoms in total. The average Bonchev–Trinajstić information content (AvgIpc) is 2.09. The minimum Gasteiger partial charge on any atom is -0.496 e. The van der Waals surface area contributed by atoms with E-state index >= 15 is 0 Å². The highest BCUT2D eigenvalue weighted by molar-refractivity contribution is 14.1. The van der Waals surface area contributed by atoms with Crippen LogP contribution in [0.3, 0.4) is 0 Å². The van der Waals surface area contributed by atoms with Crippen LogP contribution in [0.5, 0.6) is 5.75 Å². The van der Waals surface area contributed by atoms with Crippen LogP contribution in [-0.2, 0) is 0 Å². The first-order valence-corrected chi connectivity index (χ1v) is 5.31. The highest BCUT2D eigenvalue weighted by Crippen LogP contribution is 2.33. The zero-order valence-corrected chi connectivity index (χ0v) is 10.4. The quantitative estimate of drug-likeness (QED) is 0.852. The predicted octanol–water partition coefficient (Wildman–Crippen LogP) is 2.97. The van der Waals surface area contributed by atoms with Crippen molar-refractivity contribution in [3.63, 3.8) is 0 Å². The van der Waals surface area contributed by atoms with Gasteiger partial charge in [0.15, 0.2) is 0 Å². The highest BCUT2D eigenvalue weighted by Gasteiger charge is 2.11. The third kappa shape index (κ3) is 2.27. The fourth-order valence-corrected chi connectivity index (χ4v) is 2.10. The van der Waals surface area contributed by atoms with Gasteiger partial charge in [-0.15, -0.1) is 0 Å². The van der Waals surface area contributed by atoms with E-state index in [1.165, 1.54) is 0 Å². The second-order valence-electron chi connectivity index (χ2n) is 2.77. The first kappa shape index (κ1) is 11.1. The molecule has 0 radical (unpaired) electrons. The lowest BCUT2D eigenvalue weighted by atomic mass is 10.1. The molecule has 1 rings (SSSR count). The van der Waals surface area contributed by atoms with E-state index in [1.54, 1.807) is 7.11 Å². The Hall–Kier alpha value is -0.000000000000000111. The van der Waals surface area contributed by atoms with Gasteiger partial charge in [0.05, 0.1) is 15.7 Å². The molecule has 0 aliphatic heterocycles. The van der Waals surface area contributed by atoms with Crippen LogP contribution in [0.25, 0.3) is 0 Å². The summed E-state index contributed by atoms with van der Waals surface area (Å²) in [7, 11) is 1.62. The number of methoxy groups -OCH3 is 1. The van der Waals surface area contributed by atoms with Crippen molar-refractivity contribution in [2.75, 3.05) is 7.11 Å². The second kappa shape index (κ2) is 4.48. The van der Waals surface area contributed by atoms with Crippen LogP contribution in [0.15, 0.2) is 12.1 Å². The van der Waals surface area contributed by atoms with E-state index in [2.05, 4.69) is 22.6 Å². The molecule has 4 heteroatoms. The summed E-state index contributed by atoms with van der Waals surface area (Å²) in [5.41, 5.74) is 6.70. The Morgan fingerprint density at radius 2 is 2.15 bits per heavy atom. The van der Waals surface area contributed by atoms with Gasteiger partial charge in [0.25, 0.3) is 0 Å². The SMILES string of the molecule is COc1ccc(C(C)N)c(Cl)c1I. The number of hydrogen-bond acceptors (Lipinski definition) is 2. The van der Waals surface area contributed by atoms with Crippen LogP contribution in [0, 0.1) is 3.57 Å². The fraction of sp³-hybridized carbons (Fsp3) is 0.333. The van der Waals surface area contributed by atoms with Crippen molar-refractivity contribution in [2.24, 2.45) is 5.73 Å². The summed E-state index contributed by atoms with van der Waals surface area (Å²) in [6.07, 6.45) is 0. The first-order chi connectivity index (χ1) is 6.07. The van der Waals surface area contributed by atoms with E-state index in [1.807, 2.05) is 19.1 Å². The minimum atomic E-state index is -0.0491. The molecule has 0 aliphatic rings. The maximum atomic E-state index is 6.10. The van der Waals surface area contributed by atoms with Gasteiger partial charge in [-0.1, -0.05) is 17.7 Å². The van der Waals surface area contributed by atoms with Gasteiger partial charge in [0, 0.05) is 6.04 Å². The molecule has 1 unspecified atom stereocenters. The van der Waals surface area contributed by atoms with Gasteiger partial charge in [-0.05, 0) is 41.1 Å². The molecule has 72 valence electrons. The van der Waals surface area contributed by atoms with E-state index in [9.17, 15) is 0 Å². The Bertz CT molecular complexity index is 315. The highest BCUT2D eigenvalue weighted by atomic mass is 127. The van der Waals surface area contributed by atoms with Crippen molar-refractivity contribution in [3.05, 3.63) is 26.3 Å². The van der Waals surface area contributed by atoms with Crippen molar-refractivity contribution in [3.8, 4) is 5.75 Å². The summed E-state index contributed by atoms with van der Waals surface area (Å²) >= 11 is 8.26. The maximum Gasteiger partial charge on any atom is 0.133 e. The summed E-state index contributed by atoms with van der Waals surface area (Å²) in [6.45, 7) is 1.91. The molecule has 0 heterocycles. The lowest BCUT2D eigenvalue weighted by Gasteiger charge is -2.12. The molecule has 2 N–H and O–H groups in total. The molecule has 0 saturated heterocycles. The Labute approximate surface area is 96.5 Å². The number of rotatable bonds is 2. The van der Waals surface area contributed by atoms with E-state index in [4.69, 9.17) is 22.1 Å². The van der Waals surface area contributed by atoms with Crippen LogP contribution < -0.4 is 10.5 Å². The molecular formula is C9H11ClINO. The Balaban J connectivity index is 3.23. The molecule has 0 spiro atoms. The number of benzene rings is 1. The number of ether oxygens (including phenoxy) is 1. The summed E-state index contributed by atoms with van der Waals surface area (Å²) in [5.74, 6) is 0.787. The molecule has 13 heavy (non-hydrogen) atoms. The third-order valence-electron chi connectivity index (χ3n) is 1.79. The molecule has 1 atom stereocenters. The largest absolute Gasteiger partial charge is 0.496 e. The van der Waals surface area contributed by atoms with Crippen molar-refractivity contribution < 1.29 is 4.74 Å². The van der Waals surface area contributed by atoms with Crippen molar-refractivity contribution in [1.29, 1.82) is 0 Å². The average molecular weight is 312 g/mol. The van der Waals surface area contributed by atoms with Crippen molar-refractivity contribution in [2.45, 2.75) is 13.0 Å². The van der Waals surface area contributed by atoms with Crippen LogP contribution in [0.4, 0.5) is 0 Å². The monoisotopic (exact) mass is 311 g/mol. The van der Waals surface area contributed by atoms with Gasteiger partial charge in [-0.25, -0.2) is 0 Å². The molecule has 0 bridgehead atoms. The number of hydrogen-bond donors (Lipinski definition) is 1. The molecular weight excluding hydrogens is 300 g/mol. The molecule has 0 aromatic heterocycles. The van der Waals surface area contributed by atoms with Gasteiger partial charge in [-0.2, -0.15) is 0 Å². The van der Waals surface area contributed by atoms with E-state index in [0.717, 1.165) is 14.9 Å². The smallest absolute Gasteiger partial charge is 0.133 e. The van der Waals surface area contributed by atoms with Crippen LogP contribution >= 0.6 is 34.2 Å². The third-order valence-corrected chi connectivity index (χ3v) is 3.58. The second-order valence-corrected chi connectivity index (χ2v) is 4.23. The summed E-state index contributed by atoms with van der Waals surface area (Å²) in [5, 5.41) is 0.690. The van der Waals surface area contributed by atoms with E-state index in [0.29, 0.717) is 5.02 Å². The predicted molar refractivity (Wildman–Crippen MR) is 63.3 cm³/mol. The Kier molecular flexibility index (Phi) is 3.82. The zero-order chi connectivity index (χ0) is 10.0. The summed E-state index contributed by atoms with van der Waals surface area (Å²) in [4.78, 5) is 0. The lowest BCUT2D eigenvalue weighted by molar-refractivity contribution is 0.411. The molecule has 1 aromatic rings. The summed E-state index contributed by atoms with van der Waals surface area (Å²) < 4.78 is 6.04. The molecule has 0 amide bonds. The van der Waals surface area contributed by atoms with Crippen LogP contribution in [0.1, 0.15) is 18.5 Å². The first-order valence-electron chi connectivity index (χ1n) is 3.85. The van der Waals surface area contributed by atoms with Gasteiger partial charge in [0.1, 0.15) is 5.75 Å². The maximum absolute atomic E-state index is 6.10. The topological polar surface area (TPSA) is 35.2 Å². The van der Waals surface area contributed by atoms with Crippen LogP contribution in [-0.4, -0.2) is 7.11 Å². The fourth-order valence-electron chi connectivity index (χ4n) is 1.06. The number of halogens is 2. The normalized spacial score (nSPS) is 12.7. The standard InChI is InChI=1S/C9H11ClINO/c1-5(12)6-3-4-7(13-2)9(11)8(6)10/h3-5H,12H2,1-2H3. The molecule has 0 saturated carbocycles. The number of nitrogens with two attached hydrogens (primary N) is 1. The van der Waals surface area contributed by atoms with Crippen molar-refractivity contribution >= 4 is 34.2 Å². The minimum absolute atomic E-state index is 0.0491. The Morgan fingerprint density at radius 3 is 2.62 bits per heavy atom. The van der Waals surface area contributed by atoms with Gasteiger partial charge < -0.3 is 10.5 Å². The summed E-state index contributed by atoms with van der Waals surface area (Å²) in [6, 6.07) is 3.73. The van der Waals surface area contributed by atoms with Crippen molar-refractivity contribution in [1.82, 2.24) is 0 Å². The van der Waals surface area contributed by atoms with Crippen LogP contribution in [0.2, 0.25) is 5.02 Å².